The summed E-state index contributed by atoms with van der Waals surface area (Å²) >= 11 is 0. The number of allylic oxidation sites excluding steroid dienone is 2. The standard InChI is InChI=1S/C22H30O5/c1-6-8-12-18(23)13-9-11-16(3)27-22(24)21-17(10-7-2)14-19(25-4)15-20(21)26-5/h6-7,14-16H,1-2,8-13H2,3-5H3. The molecule has 5 nitrogen and oxygen atoms in total. The number of ether oxygens (including phenoxy) is 3. The molecule has 1 aromatic carbocycles. The Bertz CT molecular complexity index is 663. The van der Waals surface area contributed by atoms with Gasteiger partial charge in [0.25, 0.3) is 0 Å². The predicted molar refractivity (Wildman–Crippen MR) is 107 cm³/mol. The van der Waals surface area contributed by atoms with Crippen molar-refractivity contribution in [2.75, 3.05) is 14.2 Å². The number of ketones is 1. The summed E-state index contributed by atoms with van der Waals surface area (Å²) in [5, 5.41) is 0. The van der Waals surface area contributed by atoms with Crippen molar-refractivity contribution in [1.29, 1.82) is 0 Å². The van der Waals surface area contributed by atoms with E-state index in [1.54, 1.807) is 31.4 Å². The number of benzene rings is 1. The molecule has 27 heavy (non-hydrogen) atoms. The lowest BCUT2D eigenvalue weighted by atomic mass is 10.0. The molecule has 1 aromatic rings. The SMILES string of the molecule is C=CCCC(=O)CCCC(C)OC(=O)c1c(CC=C)cc(OC)cc1OC. The first-order valence-corrected chi connectivity index (χ1v) is 9.16. The highest BCUT2D eigenvalue weighted by Gasteiger charge is 2.22. The number of methoxy groups -OCH3 is 2. The van der Waals surface area contributed by atoms with Crippen LogP contribution in [0.25, 0.3) is 0 Å². The van der Waals surface area contributed by atoms with E-state index in [1.807, 2.05) is 6.92 Å². The fourth-order valence-corrected chi connectivity index (χ4v) is 2.75. The third-order valence-electron chi connectivity index (χ3n) is 4.18. The summed E-state index contributed by atoms with van der Waals surface area (Å²) in [7, 11) is 3.06. The number of carbonyl (C=O) groups is 2. The molecule has 0 heterocycles. The molecule has 0 aliphatic carbocycles. The number of Topliss-reactive ketones (excluding diaryl/α,β-unsaturated/α-hetero) is 1. The molecular formula is C22H30O5. The van der Waals surface area contributed by atoms with Gasteiger partial charge in [-0.2, -0.15) is 0 Å². The molecule has 0 fully saturated rings. The molecule has 0 radical (unpaired) electrons. The molecule has 0 aliphatic heterocycles. The van der Waals surface area contributed by atoms with Crippen molar-refractivity contribution in [3.63, 3.8) is 0 Å². The summed E-state index contributed by atoms with van der Waals surface area (Å²) in [5.74, 6) is 0.768. The second-order valence-corrected chi connectivity index (χ2v) is 6.33. The van der Waals surface area contributed by atoms with Gasteiger partial charge in [0.05, 0.1) is 20.3 Å². The summed E-state index contributed by atoms with van der Waals surface area (Å²) in [6, 6.07) is 3.44. The molecule has 0 spiro atoms. The number of rotatable bonds is 13. The third-order valence-corrected chi connectivity index (χ3v) is 4.18. The second-order valence-electron chi connectivity index (χ2n) is 6.33. The Labute approximate surface area is 162 Å². The van der Waals surface area contributed by atoms with Gasteiger partial charge in [-0.25, -0.2) is 4.79 Å². The summed E-state index contributed by atoms with van der Waals surface area (Å²) in [5.41, 5.74) is 1.12. The highest BCUT2D eigenvalue weighted by atomic mass is 16.5. The first kappa shape index (κ1) is 22.5. The van der Waals surface area contributed by atoms with Gasteiger partial charge in [-0.15, -0.1) is 13.2 Å². The van der Waals surface area contributed by atoms with Crippen LogP contribution in [0.1, 0.15) is 54.9 Å². The zero-order valence-electron chi connectivity index (χ0n) is 16.6. The van der Waals surface area contributed by atoms with Crippen LogP contribution in [0, 0.1) is 0 Å². The molecule has 0 saturated heterocycles. The minimum Gasteiger partial charge on any atom is -0.497 e. The summed E-state index contributed by atoms with van der Waals surface area (Å²) in [4.78, 5) is 24.4. The lowest BCUT2D eigenvalue weighted by Gasteiger charge is -2.17. The van der Waals surface area contributed by atoms with Crippen molar-refractivity contribution in [1.82, 2.24) is 0 Å². The van der Waals surface area contributed by atoms with Crippen LogP contribution in [0.5, 0.6) is 11.5 Å². The van der Waals surface area contributed by atoms with Crippen molar-refractivity contribution >= 4 is 11.8 Å². The van der Waals surface area contributed by atoms with Gasteiger partial charge in [0.2, 0.25) is 0 Å². The van der Waals surface area contributed by atoms with E-state index in [0.29, 0.717) is 55.6 Å². The number of esters is 1. The van der Waals surface area contributed by atoms with Crippen molar-refractivity contribution < 1.29 is 23.8 Å². The van der Waals surface area contributed by atoms with Gasteiger partial charge in [-0.05, 0) is 44.2 Å². The van der Waals surface area contributed by atoms with Gasteiger partial charge in [0, 0.05) is 18.9 Å². The van der Waals surface area contributed by atoms with E-state index in [4.69, 9.17) is 14.2 Å². The maximum Gasteiger partial charge on any atom is 0.342 e. The van der Waals surface area contributed by atoms with E-state index < -0.39 is 5.97 Å². The number of hydrogen-bond donors (Lipinski definition) is 0. The molecule has 0 bridgehead atoms. The summed E-state index contributed by atoms with van der Waals surface area (Å²) < 4.78 is 16.2. The monoisotopic (exact) mass is 374 g/mol. The molecule has 5 heteroatoms. The Kier molecular flexibility index (Phi) is 9.94. The van der Waals surface area contributed by atoms with Crippen LogP contribution in [0.2, 0.25) is 0 Å². The van der Waals surface area contributed by atoms with Gasteiger partial charge in [-0.1, -0.05) is 12.2 Å². The van der Waals surface area contributed by atoms with E-state index in [2.05, 4.69) is 13.2 Å². The van der Waals surface area contributed by atoms with Gasteiger partial charge in [0.15, 0.2) is 0 Å². The van der Waals surface area contributed by atoms with E-state index in [9.17, 15) is 9.59 Å². The first-order valence-electron chi connectivity index (χ1n) is 9.16. The minimum absolute atomic E-state index is 0.207. The molecule has 0 N–H and O–H groups in total. The van der Waals surface area contributed by atoms with Gasteiger partial charge in [0.1, 0.15) is 22.8 Å². The number of carbonyl (C=O) groups excluding carboxylic acids is 2. The maximum atomic E-state index is 12.7. The maximum absolute atomic E-state index is 12.7. The zero-order valence-corrected chi connectivity index (χ0v) is 16.6. The minimum atomic E-state index is -0.447. The largest absolute Gasteiger partial charge is 0.497 e. The van der Waals surface area contributed by atoms with E-state index in [0.717, 1.165) is 5.56 Å². The Morgan fingerprint density at radius 2 is 1.85 bits per heavy atom. The van der Waals surface area contributed by atoms with Crippen molar-refractivity contribution in [3.05, 3.63) is 48.6 Å². The van der Waals surface area contributed by atoms with Crippen LogP contribution >= 0.6 is 0 Å². The molecule has 1 unspecified atom stereocenters. The van der Waals surface area contributed by atoms with Crippen LogP contribution in [0.3, 0.4) is 0 Å². The normalized spacial score (nSPS) is 11.4. The lowest BCUT2D eigenvalue weighted by molar-refractivity contribution is -0.119. The number of hydrogen-bond acceptors (Lipinski definition) is 5. The Hall–Kier alpha value is -2.56. The summed E-state index contributed by atoms with van der Waals surface area (Å²) in [6.45, 7) is 9.18. The Balaban J connectivity index is 2.76. The molecule has 0 aromatic heterocycles. The highest BCUT2D eigenvalue weighted by molar-refractivity contribution is 5.94. The Morgan fingerprint density at radius 3 is 2.44 bits per heavy atom. The van der Waals surface area contributed by atoms with Crippen LogP contribution < -0.4 is 9.47 Å². The molecule has 1 atom stereocenters. The van der Waals surface area contributed by atoms with E-state index >= 15 is 0 Å². The quantitative estimate of drug-likeness (QED) is 0.370. The van der Waals surface area contributed by atoms with Crippen molar-refractivity contribution in [2.24, 2.45) is 0 Å². The van der Waals surface area contributed by atoms with E-state index in [1.165, 1.54) is 7.11 Å². The Morgan fingerprint density at radius 1 is 1.11 bits per heavy atom. The van der Waals surface area contributed by atoms with Gasteiger partial charge < -0.3 is 14.2 Å². The van der Waals surface area contributed by atoms with Gasteiger partial charge >= 0.3 is 5.97 Å². The van der Waals surface area contributed by atoms with Crippen LogP contribution in [0.15, 0.2) is 37.4 Å². The van der Waals surface area contributed by atoms with Crippen molar-refractivity contribution in [2.45, 2.75) is 51.6 Å². The highest BCUT2D eigenvalue weighted by Crippen LogP contribution is 2.30. The fourth-order valence-electron chi connectivity index (χ4n) is 2.75. The second kappa shape index (κ2) is 11.9. The van der Waals surface area contributed by atoms with E-state index in [-0.39, 0.29) is 11.9 Å². The molecule has 1 rings (SSSR count). The average Bonchev–Trinajstić information content (AvgIpc) is 2.65. The molecule has 0 aliphatic rings. The topological polar surface area (TPSA) is 61.8 Å². The predicted octanol–water partition coefficient (Wildman–Crippen LogP) is 4.68. The molecule has 0 amide bonds. The smallest absolute Gasteiger partial charge is 0.342 e. The average molecular weight is 374 g/mol. The molecule has 0 saturated carbocycles. The lowest BCUT2D eigenvalue weighted by Crippen LogP contribution is -2.18. The molecular weight excluding hydrogens is 344 g/mol. The van der Waals surface area contributed by atoms with Crippen LogP contribution in [-0.2, 0) is 16.0 Å². The van der Waals surface area contributed by atoms with Crippen LogP contribution in [0.4, 0.5) is 0 Å². The summed E-state index contributed by atoms with van der Waals surface area (Å²) in [6.07, 6.45) is 6.67. The zero-order chi connectivity index (χ0) is 20.2. The first-order chi connectivity index (χ1) is 13.0. The van der Waals surface area contributed by atoms with Crippen LogP contribution in [-0.4, -0.2) is 32.1 Å². The van der Waals surface area contributed by atoms with Gasteiger partial charge in [-0.3, -0.25) is 4.79 Å². The van der Waals surface area contributed by atoms with Crippen molar-refractivity contribution in [3.8, 4) is 11.5 Å². The third kappa shape index (κ3) is 7.29. The fraction of sp³-hybridized carbons (Fsp3) is 0.455. The molecule has 148 valence electrons.